The Morgan fingerprint density at radius 3 is 2.25 bits per heavy atom. The van der Waals surface area contributed by atoms with Crippen molar-refractivity contribution in [2.45, 2.75) is 25.9 Å². The van der Waals surface area contributed by atoms with Crippen molar-refractivity contribution in [2.24, 2.45) is 0 Å². The van der Waals surface area contributed by atoms with Gasteiger partial charge in [-0.3, -0.25) is 0 Å². The summed E-state index contributed by atoms with van der Waals surface area (Å²) in [6.07, 6.45) is 0. The molecule has 2 rings (SSSR count). The summed E-state index contributed by atoms with van der Waals surface area (Å²) in [5.41, 5.74) is 2.35. The van der Waals surface area contributed by atoms with Crippen molar-refractivity contribution in [2.75, 3.05) is 0 Å². The third-order valence-corrected chi connectivity index (χ3v) is 4.84. The highest BCUT2D eigenvalue weighted by molar-refractivity contribution is 9.10. The number of hydrogen-bond donors (Lipinski definition) is 1. The highest BCUT2D eigenvalue weighted by atomic mass is 79.9. The van der Waals surface area contributed by atoms with Gasteiger partial charge in [-0.25, -0.2) is 0 Å². The van der Waals surface area contributed by atoms with E-state index < -0.39 is 0 Å². The molecule has 1 N–H and O–H groups in total. The lowest BCUT2D eigenvalue weighted by molar-refractivity contribution is 0.493. The molecule has 1 unspecified atom stereocenters. The van der Waals surface area contributed by atoms with Crippen LogP contribution in [0.2, 0.25) is 5.02 Å². The van der Waals surface area contributed by atoms with E-state index >= 15 is 0 Å². The minimum absolute atomic E-state index is 0.178. The first-order chi connectivity index (χ1) is 9.49. The van der Waals surface area contributed by atoms with Crippen LogP contribution in [-0.4, -0.2) is 0 Å². The van der Waals surface area contributed by atoms with Crippen LogP contribution in [0.1, 0.15) is 37.1 Å². The summed E-state index contributed by atoms with van der Waals surface area (Å²) in [7, 11) is 0. The molecule has 106 valence electrons. The van der Waals surface area contributed by atoms with Crippen molar-refractivity contribution in [1.29, 1.82) is 0 Å². The normalized spacial score (nSPS) is 14.1. The number of halogens is 3. The lowest BCUT2D eigenvalue weighted by Crippen LogP contribution is -2.23. The summed E-state index contributed by atoms with van der Waals surface area (Å²) in [6, 6.07) is 14.7. The molecule has 0 amide bonds. The van der Waals surface area contributed by atoms with Gasteiger partial charge in [0.05, 0.1) is 0 Å². The summed E-state index contributed by atoms with van der Waals surface area (Å²) in [6.45, 7) is 4.28. The molecule has 0 saturated carbocycles. The quantitative estimate of drug-likeness (QED) is 0.618. The van der Waals surface area contributed by atoms with Crippen LogP contribution in [0.15, 0.2) is 51.4 Å². The fourth-order valence-electron chi connectivity index (χ4n) is 2.23. The zero-order chi connectivity index (χ0) is 14.7. The van der Waals surface area contributed by atoms with Gasteiger partial charge in [-0.05, 0) is 43.2 Å². The molecule has 0 fully saturated rings. The van der Waals surface area contributed by atoms with E-state index in [9.17, 15) is 0 Å². The van der Waals surface area contributed by atoms with Crippen molar-refractivity contribution >= 4 is 43.5 Å². The Balaban J connectivity index is 2.15. The number of hydrogen-bond acceptors (Lipinski definition) is 1. The van der Waals surface area contributed by atoms with Crippen LogP contribution in [0.4, 0.5) is 0 Å². The SMILES string of the molecule is CC(N[C@H](C)c1ccccc1Br)c1ccc(Br)cc1Cl. The van der Waals surface area contributed by atoms with Crippen LogP contribution in [-0.2, 0) is 0 Å². The number of rotatable bonds is 4. The Kier molecular flexibility index (Phi) is 5.67. The number of nitrogens with one attached hydrogen (secondary N) is 1. The van der Waals surface area contributed by atoms with E-state index in [1.54, 1.807) is 0 Å². The average Bonchev–Trinajstić information content (AvgIpc) is 2.38. The zero-order valence-corrected chi connectivity index (χ0v) is 15.3. The predicted molar refractivity (Wildman–Crippen MR) is 93.3 cm³/mol. The molecule has 0 spiro atoms. The van der Waals surface area contributed by atoms with Gasteiger partial charge in [0, 0.05) is 26.1 Å². The molecule has 0 radical (unpaired) electrons. The van der Waals surface area contributed by atoms with E-state index in [-0.39, 0.29) is 12.1 Å². The molecule has 0 saturated heterocycles. The summed E-state index contributed by atoms with van der Waals surface area (Å²) < 4.78 is 2.12. The second-order valence-electron chi connectivity index (χ2n) is 4.80. The Hall–Kier alpha value is -0.350. The third-order valence-electron chi connectivity index (χ3n) is 3.30. The molecular weight excluding hydrogens is 401 g/mol. The van der Waals surface area contributed by atoms with Gasteiger partial charge in [0.1, 0.15) is 0 Å². The van der Waals surface area contributed by atoms with E-state index in [0.717, 1.165) is 19.5 Å². The predicted octanol–water partition coefficient (Wildman–Crippen LogP) is 6.28. The highest BCUT2D eigenvalue weighted by Crippen LogP contribution is 2.29. The second kappa shape index (κ2) is 7.08. The lowest BCUT2D eigenvalue weighted by Gasteiger charge is -2.22. The molecule has 0 aliphatic carbocycles. The first kappa shape index (κ1) is 16.0. The molecule has 2 atom stereocenters. The van der Waals surface area contributed by atoms with E-state index in [1.807, 2.05) is 18.2 Å². The molecule has 4 heteroatoms. The molecule has 0 bridgehead atoms. The Morgan fingerprint density at radius 2 is 1.60 bits per heavy atom. The second-order valence-corrected chi connectivity index (χ2v) is 6.97. The maximum absolute atomic E-state index is 6.31. The molecule has 0 aromatic heterocycles. The van der Waals surface area contributed by atoms with Crippen LogP contribution in [0, 0.1) is 0 Å². The Morgan fingerprint density at radius 1 is 0.950 bits per heavy atom. The molecular formula is C16H16Br2ClN. The fourth-order valence-corrected chi connectivity index (χ4v) is 3.70. The van der Waals surface area contributed by atoms with Crippen molar-refractivity contribution in [3.63, 3.8) is 0 Å². The van der Waals surface area contributed by atoms with Crippen LogP contribution >= 0.6 is 43.5 Å². The first-order valence-corrected chi connectivity index (χ1v) is 8.41. The van der Waals surface area contributed by atoms with E-state index in [4.69, 9.17) is 11.6 Å². The Labute approximate surface area is 142 Å². The Bertz CT molecular complexity index is 601. The van der Waals surface area contributed by atoms with Gasteiger partial charge in [-0.1, -0.05) is 67.7 Å². The van der Waals surface area contributed by atoms with Gasteiger partial charge >= 0.3 is 0 Å². The maximum atomic E-state index is 6.31. The first-order valence-electron chi connectivity index (χ1n) is 6.44. The van der Waals surface area contributed by atoms with Gasteiger partial charge in [0.15, 0.2) is 0 Å². The van der Waals surface area contributed by atoms with Crippen LogP contribution in [0.3, 0.4) is 0 Å². The molecule has 2 aromatic rings. The van der Waals surface area contributed by atoms with Gasteiger partial charge in [-0.2, -0.15) is 0 Å². The van der Waals surface area contributed by atoms with Crippen LogP contribution < -0.4 is 5.32 Å². The van der Waals surface area contributed by atoms with Gasteiger partial charge < -0.3 is 5.32 Å². The molecule has 0 aliphatic rings. The van der Waals surface area contributed by atoms with E-state index in [2.05, 4.69) is 75.3 Å². The van der Waals surface area contributed by atoms with E-state index in [1.165, 1.54) is 5.56 Å². The zero-order valence-electron chi connectivity index (χ0n) is 11.3. The van der Waals surface area contributed by atoms with Gasteiger partial charge in [0.25, 0.3) is 0 Å². The molecule has 0 aliphatic heterocycles. The third kappa shape index (κ3) is 3.85. The van der Waals surface area contributed by atoms with E-state index in [0.29, 0.717) is 0 Å². The summed E-state index contributed by atoms with van der Waals surface area (Å²) >= 11 is 13.3. The minimum atomic E-state index is 0.178. The molecule has 2 aromatic carbocycles. The summed E-state index contributed by atoms with van der Waals surface area (Å²) in [5, 5.41) is 4.36. The molecule has 1 nitrogen and oxygen atoms in total. The topological polar surface area (TPSA) is 12.0 Å². The van der Waals surface area contributed by atoms with Gasteiger partial charge in [-0.15, -0.1) is 0 Å². The van der Waals surface area contributed by atoms with Crippen molar-refractivity contribution in [3.05, 3.63) is 67.6 Å². The summed E-state index contributed by atoms with van der Waals surface area (Å²) in [5.74, 6) is 0. The molecule has 0 heterocycles. The lowest BCUT2D eigenvalue weighted by atomic mass is 10.0. The largest absolute Gasteiger partial charge is 0.304 e. The minimum Gasteiger partial charge on any atom is -0.304 e. The van der Waals surface area contributed by atoms with Crippen molar-refractivity contribution in [3.8, 4) is 0 Å². The van der Waals surface area contributed by atoms with Gasteiger partial charge in [0.2, 0.25) is 0 Å². The smallest absolute Gasteiger partial charge is 0.0464 e. The monoisotopic (exact) mass is 415 g/mol. The summed E-state index contributed by atoms with van der Waals surface area (Å²) in [4.78, 5) is 0. The standard InChI is InChI=1S/C16H16Br2ClN/c1-10(13-5-3-4-6-15(13)18)20-11(2)14-8-7-12(17)9-16(14)19/h3-11,20H,1-2H3/t10-,11?/m1/s1. The highest BCUT2D eigenvalue weighted by Gasteiger charge is 2.15. The molecule has 20 heavy (non-hydrogen) atoms. The number of benzene rings is 2. The van der Waals surface area contributed by atoms with Crippen molar-refractivity contribution in [1.82, 2.24) is 5.32 Å². The maximum Gasteiger partial charge on any atom is 0.0464 e. The van der Waals surface area contributed by atoms with Crippen LogP contribution in [0.5, 0.6) is 0 Å². The fraction of sp³-hybridized carbons (Fsp3) is 0.250. The van der Waals surface area contributed by atoms with Crippen LogP contribution in [0.25, 0.3) is 0 Å². The average molecular weight is 418 g/mol. The van der Waals surface area contributed by atoms with Crippen molar-refractivity contribution < 1.29 is 0 Å².